The van der Waals surface area contributed by atoms with E-state index in [0.717, 1.165) is 43.9 Å². The monoisotopic (exact) mass is 434 g/mol. The first-order valence-electron chi connectivity index (χ1n) is 8.93. The molecule has 0 N–H and O–H groups in total. The van der Waals surface area contributed by atoms with Crippen molar-refractivity contribution < 1.29 is 9.53 Å². The van der Waals surface area contributed by atoms with E-state index in [4.69, 9.17) is 4.74 Å². The lowest BCUT2D eigenvalue weighted by Gasteiger charge is -2.21. The van der Waals surface area contributed by atoms with Gasteiger partial charge in [-0.05, 0) is 23.8 Å². The van der Waals surface area contributed by atoms with E-state index >= 15 is 0 Å². The number of likely N-dealkylation sites (N-methyl/N-ethyl adjacent to an activating group) is 1. The molecule has 0 aliphatic carbocycles. The van der Waals surface area contributed by atoms with E-state index in [2.05, 4.69) is 27.0 Å². The quantitative estimate of drug-likeness (QED) is 0.585. The molecule has 0 unspecified atom stereocenters. The second-order valence-corrected chi connectivity index (χ2v) is 7.48. The summed E-state index contributed by atoms with van der Waals surface area (Å²) in [7, 11) is 3.43. The summed E-state index contributed by atoms with van der Waals surface area (Å²) in [6.45, 7) is 0.111. The molecule has 0 fully saturated rings. The zero-order valence-electron chi connectivity index (χ0n) is 15.6. The first-order chi connectivity index (χ1) is 13.6. The minimum absolute atomic E-state index is 0.0529. The van der Waals surface area contributed by atoms with Gasteiger partial charge in [-0.1, -0.05) is 58.4 Å². The van der Waals surface area contributed by atoms with E-state index in [-0.39, 0.29) is 12.5 Å². The van der Waals surface area contributed by atoms with E-state index in [1.807, 2.05) is 60.7 Å². The van der Waals surface area contributed by atoms with Crippen molar-refractivity contribution in [1.82, 2.24) is 0 Å². The van der Waals surface area contributed by atoms with Gasteiger partial charge in [0.2, 0.25) is 5.91 Å². The summed E-state index contributed by atoms with van der Waals surface area (Å²) in [5.74, 6) is 0.671. The van der Waals surface area contributed by atoms with E-state index in [9.17, 15) is 4.79 Å². The largest absolute Gasteiger partial charge is 0.496 e. The smallest absolute Gasteiger partial charge is 0.248 e. The van der Waals surface area contributed by atoms with E-state index in [0.29, 0.717) is 0 Å². The van der Waals surface area contributed by atoms with Crippen LogP contribution in [0.1, 0.15) is 11.1 Å². The SMILES string of the molecule is COc1cc2c(cc1-c1ccccc1)C(c1ccc(Br)cc1)=NCC(=O)N2C. The van der Waals surface area contributed by atoms with Gasteiger partial charge < -0.3 is 9.64 Å². The van der Waals surface area contributed by atoms with Crippen LogP contribution in [0.15, 0.2) is 76.2 Å². The molecule has 0 aromatic heterocycles. The highest BCUT2D eigenvalue weighted by atomic mass is 79.9. The number of fused-ring (bicyclic) bond motifs is 1. The lowest BCUT2D eigenvalue weighted by atomic mass is 9.95. The first kappa shape index (κ1) is 18.4. The fraction of sp³-hybridized carbons (Fsp3) is 0.130. The number of hydrogen-bond acceptors (Lipinski definition) is 3. The Morgan fingerprint density at radius 2 is 1.68 bits per heavy atom. The topological polar surface area (TPSA) is 41.9 Å². The van der Waals surface area contributed by atoms with Crippen molar-refractivity contribution in [2.45, 2.75) is 0 Å². The molecule has 0 saturated heterocycles. The molecule has 0 radical (unpaired) electrons. The minimum atomic E-state index is -0.0529. The van der Waals surface area contributed by atoms with Gasteiger partial charge in [0, 0.05) is 34.3 Å². The molecule has 0 saturated carbocycles. The van der Waals surface area contributed by atoms with Crippen molar-refractivity contribution >= 4 is 33.2 Å². The molecule has 4 rings (SSSR count). The summed E-state index contributed by atoms with van der Waals surface area (Å²) >= 11 is 3.48. The third-order valence-electron chi connectivity index (χ3n) is 4.88. The Morgan fingerprint density at radius 1 is 0.964 bits per heavy atom. The number of hydrogen-bond donors (Lipinski definition) is 0. The zero-order valence-corrected chi connectivity index (χ0v) is 17.2. The summed E-state index contributed by atoms with van der Waals surface area (Å²) in [6, 6.07) is 22.1. The number of methoxy groups -OCH3 is 1. The number of carbonyl (C=O) groups is 1. The predicted molar refractivity (Wildman–Crippen MR) is 116 cm³/mol. The third-order valence-corrected chi connectivity index (χ3v) is 5.41. The van der Waals surface area contributed by atoms with Crippen LogP contribution in [0, 0.1) is 0 Å². The van der Waals surface area contributed by atoms with Gasteiger partial charge in [0.05, 0.1) is 18.5 Å². The summed E-state index contributed by atoms with van der Waals surface area (Å²) in [6.07, 6.45) is 0. The Balaban J connectivity index is 1.97. The maximum atomic E-state index is 12.5. The predicted octanol–water partition coefficient (Wildman–Crippen LogP) is 4.94. The molecule has 3 aromatic rings. The molecule has 1 amide bonds. The second-order valence-electron chi connectivity index (χ2n) is 6.56. The number of halogens is 1. The third kappa shape index (κ3) is 3.34. The standard InChI is InChI=1S/C23H19BrN2O2/c1-26-20-13-21(28-2)18(15-6-4-3-5-7-15)12-19(20)23(25-14-22(26)27)16-8-10-17(24)11-9-16/h3-13H,14H2,1-2H3. The summed E-state index contributed by atoms with van der Waals surface area (Å²) in [4.78, 5) is 18.8. The normalized spacial score (nSPS) is 13.6. The van der Waals surface area contributed by atoms with Crippen molar-refractivity contribution in [3.63, 3.8) is 0 Å². The van der Waals surface area contributed by atoms with Crippen LogP contribution in [0.4, 0.5) is 5.69 Å². The minimum Gasteiger partial charge on any atom is -0.496 e. The number of anilines is 1. The van der Waals surface area contributed by atoms with Gasteiger partial charge >= 0.3 is 0 Å². The summed E-state index contributed by atoms with van der Waals surface area (Å²) in [5, 5.41) is 0. The van der Waals surface area contributed by atoms with Gasteiger partial charge in [-0.2, -0.15) is 0 Å². The van der Waals surface area contributed by atoms with E-state index in [1.54, 1.807) is 19.1 Å². The highest BCUT2D eigenvalue weighted by Gasteiger charge is 2.25. The molecule has 0 spiro atoms. The lowest BCUT2D eigenvalue weighted by Crippen LogP contribution is -2.27. The van der Waals surface area contributed by atoms with Gasteiger partial charge in [-0.3, -0.25) is 9.79 Å². The highest BCUT2D eigenvalue weighted by Crippen LogP contribution is 2.38. The van der Waals surface area contributed by atoms with Crippen LogP contribution in [0.5, 0.6) is 5.75 Å². The van der Waals surface area contributed by atoms with Crippen LogP contribution in [-0.4, -0.2) is 32.3 Å². The Hall–Kier alpha value is -2.92. The number of carbonyl (C=O) groups excluding carboxylic acids is 1. The molecule has 1 aliphatic heterocycles. The van der Waals surface area contributed by atoms with Gasteiger partial charge in [0.25, 0.3) is 0 Å². The Bertz CT molecular complexity index is 1060. The maximum Gasteiger partial charge on any atom is 0.248 e. The summed E-state index contributed by atoms with van der Waals surface area (Å²) < 4.78 is 6.66. The zero-order chi connectivity index (χ0) is 19.7. The Labute approximate surface area is 172 Å². The van der Waals surface area contributed by atoms with Crippen molar-refractivity contribution in [2.24, 2.45) is 4.99 Å². The fourth-order valence-electron chi connectivity index (χ4n) is 3.38. The van der Waals surface area contributed by atoms with Gasteiger partial charge in [-0.15, -0.1) is 0 Å². The van der Waals surface area contributed by atoms with Crippen molar-refractivity contribution in [1.29, 1.82) is 0 Å². The van der Waals surface area contributed by atoms with Crippen LogP contribution in [0.25, 0.3) is 11.1 Å². The van der Waals surface area contributed by atoms with Crippen LogP contribution in [0.2, 0.25) is 0 Å². The molecule has 0 bridgehead atoms. The molecule has 28 heavy (non-hydrogen) atoms. The van der Waals surface area contributed by atoms with Crippen LogP contribution in [0.3, 0.4) is 0 Å². The molecular weight excluding hydrogens is 416 g/mol. The number of rotatable bonds is 3. The van der Waals surface area contributed by atoms with Crippen LogP contribution >= 0.6 is 15.9 Å². The number of nitrogens with zero attached hydrogens (tertiary/aromatic N) is 2. The average molecular weight is 435 g/mol. The second kappa shape index (κ2) is 7.60. The number of amides is 1. The molecule has 140 valence electrons. The average Bonchev–Trinajstić information content (AvgIpc) is 2.85. The summed E-state index contributed by atoms with van der Waals surface area (Å²) in [5.41, 5.74) is 5.50. The van der Waals surface area contributed by atoms with Crippen molar-refractivity contribution in [3.05, 3.63) is 82.3 Å². The number of ether oxygens (including phenoxy) is 1. The molecule has 0 atom stereocenters. The lowest BCUT2D eigenvalue weighted by molar-refractivity contribution is -0.116. The van der Waals surface area contributed by atoms with Gasteiger partial charge in [0.1, 0.15) is 12.3 Å². The Morgan fingerprint density at radius 3 is 2.36 bits per heavy atom. The van der Waals surface area contributed by atoms with Crippen molar-refractivity contribution in [2.75, 3.05) is 25.6 Å². The van der Waals surface area contributed by atoms with Gasteiger partial charge in [0.15, 0.2) is 0 Å². The molecular formula is C23H19BrN2O2. The highest BCUT2D eigenvalue weighted by molar-refractivity contribution is 9.10. The molecule has 4 nitrogen and oxygen atoms in total. The maximum absolute atomic E-state index is 12.5. The van der Waals surface area contributed by atoms with E-state index < -0.39 is 0 Å². The van der Waals surface area contributed by atoms with Crippen LogP contribution < -0.4 is 9.64 Å². The molecule has 1 heterocycles. The van der Waals surface area contributed by atoms with E-state index in [1.165, 1.54) is 0 Å². The molecule has 1 aliphatic rings. The molecule has 3 aromatic carbocycles. The number of benzodiazepines with no additional fused rings is 1. The number of aliphatic imine (C=N–C) groups is 1. The van der Waals surface area contributed by atoms with Gasteiger partial charge in [-0.25, -0.2) is 0 Å². The molecule has 5 heteroatoms. The van der Waals surface area contributed by atoms with Crippen molar-refractivity contribution in [3.8, 4) is 16.9 Å². The first-order valence-corrected chi connectivity index (χ1v) is 9.72. The fourth-order valence-corrected chi connectivity index (χ4v) is 3.64. The Kier molecular flexibility index (Phi) is 5.01. The number of benzene rings is 3. The van der Waals surface area contributed by atoms with Crippen LogP contribution in [-0.2, 0) is 4.79 Å².